The molecule has 0 unspecified atom stereocenters. The van der Waals surface area contributed by atoms with Gasteiger partial charge >= 0.3 is 19.5 Å². The van der Waals surface area contributed by atoms with Crippen molar-refractivity contribution in [2.24, 2.45) is 5.73 Å². The van der Waals surface area contributed by atoms with E-state index in [-0.39, 0.29) is 42.6 Å². The fourth-order valence-electron chi connectivity index (χ4n) is 6.16. The summed E-state index contributed by atoms with van der Waals surface area (Å²) >= 11 is 1.35. The lowest BCUT2D eigenvalue weighted by Crippen LogP contribution is -2.50. The molecule has 1 aliphatic rings. The Kier molecular flexibility index (Phi) is 30.0. The summed E-state index contributed by atoms with van der Waals surface area (Å²) in [5.74, 6) is -0.768. The summed E-state index contributed by atoms with van der Waals surface area (Å²) in [4.78, 5) is 38.8. The van der Waals surface area contributed by atoms with Crippen molar-refractivity contribution in [3.8, 4) is 0 Å². The molecule has 1 amide bonds. The van der Waals surface area contributed by atoms with Gasteiger partial charge in [-0.1, -0.05) is 117 Å². The van der Waals surface area contributed by atoms with E-state index in [1.807, 2.05) is 6.92 Å². The largest absolute Gasteiger partial charge is 0.424 e. The van der Waals surface area contributed by atoms with Gasteiger partial charge in [0.2, 0.25) is 5.91 Å². The van der Waals surface area contributed by atoms with Crippen molar-refractivity contribution in [3.63, 3.8) is 0 Å². The first-order valence-corrected chi connectivity index (χ1v) is 24.3. The summed E-state index contributed by atoms with van der Waals surface area (Å²) in [6.07, 6.45) is 22.6. The van der Waals surface area contributed by atoms with E-state index in [0.717, 1.165) is 51.4 Å². The van der Waals surface area contributed by atoms with E-state index in [2.05, 4.69) is 19.2 Å². The number of rotatable bonds is 38. The van der Waals surface area contributed by atoms with Crippen LogP contribution in [-0.2, 0) is 42.2 Å². The van der Waals surface area contributed by atoms with Crippen LogP contribution in [0.3, 0.4) is 0 Å². The van der Waals surface area contributed by atoms with Crippen molar-refractivity contribution in [1.82, 2.24) is 5.32 Å². The maximum atomic E-state index is 13.1. The molecule has 0 bridgehead atoms. The molecule has 0 saturated heterocycles. The van der Waals surface area contributed by atoms with Gasteiger partial charge in [-0.15, -0.1) is 11.8 Å². The first kappa shape index (κ1) is 50.8. The van der Waals surface area contributed by atoms with Crippen molar-refractivity contribution in [2.75, 3.05) is 38.3 Å². The van der Waals surface area contributed by atoms with Crippen molar-refractivity contribution in [1.29, 1.82) is 0 Å². The number of nitrogens with one attached hydrogen (secondary N) is 1. The van der Waals surface area contributed by atoms with E-state index >= 15 is 0 Å². The lowest BCUT2D eigenvalue weighted by atomic mass is 10.1. The SMILES string of the molecule is CCCCCCCCCCCC(=O)OC(OC(=O)CCCCCCCCCCC)[C@@H](C)SC[C@H](N)C(=O)NC1(COCCCP(=O)(OCC)OCC)CC1. The Morgan fingerprint density at radius 3 is 1.57 bits per heavy atom. The van der Waals surface area contributed by atoms with Crippen LogP contribution in [0.4, 0.5) is 0 Å². The van der Waals surface area contributed by atoms with Gasteiger partial charge in [0.1, 0.15) is 0 Å². The number of hydrogen-bond acceptors (Lipinski definition) is 11. The maximum Gasteiger partial charge on any atom is 0.330 e. The Balaban J connectivity index is 2.55. The third-order valence-corrected chi connectivity index (χ3v) is 13.2. The number of ether oxygens (including phenoxy) is 3. The van der Waals surface area contributed by atoms with Crippen LogP contribution < -0.4 is 11.1 Å². The van der Waals surface area contributed by atoms with E-state index < -0.39 is 30.7 Å². The highest BCUT2D eigenvalue weighted by molar-refractivity contribution is 8.00. The van der Waals surface area contributed by atoms with Gasteiger partial charge in [0.15, 0.2) is 0 Å². The molecule has 0 spiro atoms. The van der Waals surface area contributed by atoms with Crippen LogP contribution >= 0.6 is 19.4 Å². The number of unbranched alkanes of at least 4 members (excludes halogenated alkanes) is 16. The molecule has 54 heavy (non-hydrogen) atoms. The Hall–Kier alpha value is -1.17. The molecule has 0 aromatic heterocycles. The van der Waals surface area contributed by atoms with E-state index in [4.69, 9.17) is 29.0 Å². The van der Waals surface area contributed by atoms with Gasteiger partial charge < -0.3 is 34.3 Å². The third-order valence-electron chi connectivity index (χ3n) is 9.72. The molecule has 0 aliphatic heterocycles. The van der Waals surface area contributed by atoms with Gasteiger partial charge in [-0.2, -0.15) is 0 Å². The summed E-state index contributed by atoms with van der Waals surface area (Å²) in [5, 5.41) is 2.64. The molecule has 0 aromatic carbocycles. The quantitative estimate of drug-likeness (QED) is 0.0265. The number of carbonyl (C=O) groups is 3. The molecule has 0 heterocycles. The first-order chi connectivity index (χ1) is 26.0. The number of thioether (sulfide) groups is 1. The Bertz CT molecular complexity index is 987. The van der Waals surface area contributed by atoms with Crippen LogP contribution in [0.2, 0.25) is 0 Å². The molecule has 0 aromatic rings. The molecule has 0 radical (unpaired) electrons. The van der Waals surface area contributed by atoms with Gasteiger partial charge in [-0.25, -0.2) is 0 Å². The molecule has 13 heteroatoms. The van der Waals surface area contributed by atoms with E-state index in [1.165, 1.54) is 88.8 Å². The zero-order valence-electron chi connectivity index (χ0n) is 34.8. The predicted octanol–water partition coefficient (Wildman–Crippen LogP) is 10.0. The predicted molar refractivity (Wildman–Crippen MR) is 221 cm³/mol. The molecular weight excluding hydrogens is 727 g/mol. The molecule has 1 saturated carbocycles. The Labute approximate surface area is 333 Å². The van der Waals surface area contributed by atoms with Crippen molar-refractivity contribution in [2.45, 2.75) is 205 Å². The molecule has 318 valence electrons. The molecule has 11 nitrogen and oxygen atoms in total. The van der Waals surface area contributed by atoms with Crippen LogP contribution in [0.5, 0.6) is 0 Å². The van der Waals surface area contributed by atoms with Gasteiger partial charge in [-0.3, -0.25) is 18.9 Å². The fraction of sp³-hybridized carbons (Fsp3) is 0.927. The maximum absolute atomic E-state index is 13.1. The first-order valence-electron chi connectivity index (χ1n) is 21.6. The van der Waals surface area contributed by atoms with Gasteiger partial charge in [0.05, 0.1) is 42.8 Å². The zero-order valence-corrected chi connectivity index (χ0v) is 36.6. The standard InChI is InChI=1S/C41H79N2O9PS/c1-6-10-12-14-16-18-20-22-24-27-37(44)51-40(52-38(45)28-25-23-21-19-17-15-13-11-7-2)35(5)54-33-36(42)39(46)43-41(29-30-41)34-48-31-26-32-53(47,49-8-3)50-9-4/h35-36,40H,6-34,42H2,1-5H3,(H,43,46)/t35-,36+/m1/s1. The minimum Gasteiger partial charge on any atom is -0.424 e. The molecular formula is C41H79N2O9PS. The van der Waals surface area contributed by atoms with Crippen molar-refractivity contribution in [3.05, 3.63) is 0 Å². The highest BCUT2D eigenvalue weighted by Crippen LogP contribution is 2.48. The lowest BCUT2D eigenvalue weighted by molar-refractivity contribution is -0.187. The van der Waals surface area contributed by atoms with E-state index in [9.17, 15) is 18.9 Å². The highest BCUT2D eigenvalue weighted by Gasteiger charge is 2.45. The smallest absolute Gasteiger partial charge is 0.330 e. The minimum absolute atomic E-state index is 0.260. The molecule has 1 aliphatic carbocycles. The topological polar surface area (TPSA) is 152 Å². The van der Waals surface area contributed by atoms with Gasteiger partial charge in [-0.05, 0) is 52.9 Å². The molecule has 1 fully saturated rings. The molecule has 2 atom stereocenters. The van der Waals surface area contributed by atoms with E-state index in [0.29, 0.717) is 32.8 Å². The highest BCUT2D eigenvalue weighted by atomic mass is 32.2. The number of esters is 2. The number of carbonyl (C=O) groups excluding carboxylic acids is 3. The van der Waals surface area contributed by atoms with Crippen molar-refractivity contribution >= 4 is 37.2 Å². The summed E-state index contributed by atoms with van der Waals surface area (Å²) in [6.45, 7) is 11.2. The molecule has 3 N–H and O–H groups in total. The summed E-state index contributed by atoms with van der Waals surface area (Å²) in [5.41, 5.74) is 5.86. The zero-order chi connectivity index (χ0) is 39.9. The van der Waals surface area contributed by atoms with Gasteiger partial charge in [0, 0.05) is 25.2 Å². The second kappa shape index (κ2) is 31.9. The molecule has 1 rings (SSSR count). The summed E-state index contributed by atoms with van der Waals surface area (Å²) < 4.78 is 40.7. The summed E-state index contributed by atoms with van der Waals surface area (Å²) in [6, 6.07) is -0.811. The summed E-state index contributed by atoms with van der Waals surface area (Å²) in [7, 11) is -3.11. The fourth-order valence-corrected chi connectivity index (χ4v) is 8.73. The normalized spacial score (nSPS) is 14.9. The van der Waals surface area contributed by atoms with E-state index in [1.54, 1.807) is 13.8 Å². The van der Waals surface area contributed by atoms with Gasteiger partial charge in [0.25, 0.3) is 6.29 Å². The lowest BCUT2D eigenvalue weighted by Gasteiger charge is -2.25. The van der Waals surface area contributed by atoms with Crippen LogP contribution in [-0.4, -0.2) is 79.3 Å². The average molecular weight is 807 g/mol. The van der Waals surface area contributed by atoms with Crippen LogP contribution in [0, 0.1) is 0 Å². The van der Waals surface area contributed by atoms with Crippen LogP contribution in [0.15, 0.2) is 0 Å². The minimum atomic E-state index is -3.11. The second-order valence-electron chi connectivity index (χ2n) is 15.0. The van der Waals surface area contributed by atoms with Crippen molar-refractivity contribution < 1.29 is 42.2 Å². The third kappa shape index (κ3) is 25.9. The second-order valence-corrected chi connectivity index (χ2v) is 18.6. The average Bonchev–Trinajstić information content (AvgIpc) is 3.90. The number of amides is 1. The monoisotopic (exact) mass is 807 g/mol. The number of hydrogen-bond donors (Lipinski definition) is 2. The number of nitrogens with two attached hydrogens (primary N) is 1. The Morgan fingerprint density at radius 2 is 1.15 bits per heavy atom. The van der Waals surface area contributed by atoms with Crippen LogP contribution in [0.1, 0.15) is 182 Å². The van der Waals surface area contributed by atoms with Crippen LogP contribution in [0.25, 0.3) is 0 Å². The Morgan fingerprint density at radius 1 is 0.704 bits per heavy atom.